The number of aromatic nitrogens is 1. The van der Waals surface area contributed by atoms with Crippen molar-refractivity contribution in [1.29, 1.82) is 0 Å². The van der Waals surface area contributed by atoms with Crippen LogP contribution in [0.25, 0.3) is 0 Å². The van der Waals surface area contributed by atoms with E-state index < -0.39 is 24.3 Å². The van der Waals surface area contributed by atoms with E-state index in [1.165, 1.54) is 24.4 Å². The van der Waals surface area contributed by atoms with E-state index in [0.29, 0.717) is 5.56 Å². The van der Waals surface area contributed by atoms with Gasteiger partial charge in [0.05, 0.1) is 0 Å². The lowest BCUT2D eigenvalue weighted by Crippen LogP contribution is -2.26. The number of nitrogens with zero attached hydrogens (tertiary/aromatic N) is 1. The molecule has 0 spiro atoms. The Kier molecular flexibility index (Phi) is 5.24. The van der Waals surface area contributed by atoms with Gasteiger partial charge in [0.25, 0.3) is 11.5 Å². The Morgan fingerprint density at radius 3 is 2.74 bits per heavy atom. The first-order valence-electron chi connectivity index (χ1n) is 6.83. The number of amides is 1. The number of hydrogen-bond acceptors (Lipinski definition) is 4. The SMILES string of the molecule is Cc1ccc(NC(=O)COC(=O)Cn2ccccc2=O)cc1F. The predicted molar refractivity (Wildman–Crippen MR) is 81.4 cm³/mol. The number of ether oxygens (including phenoxy) is 1. The Hall–Kier alpha value is -2.96. The molecule has 1 N–H and O–H groups in total. The van der Waals surface area contributed by atoms with Crippen molar-refractivity contribution < 1.29 is 18.7 Å². The third-order valence-electron chi connectivity index (χ3n) is 3.02. The minimum atomic E-state index is -0.719. The highest BCUT2D eigenvalue weighted by Gasteiger charge is 2.10. The van der Waals surface area contributed by atoms with E-state index in [0.717, 1.165) is 4.57 Å². The number of benzene rings is 1. The Morgan fingerprint density at radius 2 is 2.04 bits per heavy atom. The molecule has 0 radical (unpaired) electrons. The Morgan fingerprint density at radius 1 is 1.26 bits per heavy atom. The fourth-order valence-corrected chi connectivity index (χ4v) is 1.79. The maximum atomic E-state index is 13.4. The first kappa shape index (κ1) is 16.4. The van der Waals surface area contributed by atoms with Crippen LogP contribution >= 0.6 is 0 Å². The van der Waals surface area contributed by atoms with Gasteiger partial charge in [-0.25, -0.2) is 4.39 Å². The average Bonchev–Trinajstić information content (AvgIpc) is 2.51. The Labute approximate surface area is 131 Å². The van der Waals surface area contributed by atoms with E-state index in [9.17, 15) is 18.8 Å². The third-order valence-corrected chi connectivity index (χ3v) is 3.02. The van der Waals surface area contributed by atoms with Gasteiger partial charge >= 0.3 is 5.97 Å². The number of carbonyl (C=O) groups excluding carboxylic acids is 2. The number of pyridine rings is 1. The van der Waals surface area contributed by atoms with Crippen LogP contribution in [0.15, 0.2) is 47.4 Å². The van der Waals surface area contributed by atoms with Crippen LogP contribution in [0.5, 0.6) is 0 Å². The summed E-state index contributed by atoms with van der Waals surface area (Å²) in [6, 6.07) is 8.72. The molecular formula is C16H15FN2O4. The Balaban J connectivity index is 1.84. The first-order chi connectivity index (χ1) is 11.0. The van der Waals surface area contributed by atoms with Crippen molar-refractivity contribution in [2.45, 2.75) is 13.5 Å². The van der Waals surface area contributed by atoms with Gasteiger partial charge in [0.2, 0.25) is 0 Å². The third kappa shape index (κ3) is 4.77. The maximum Gasteiger partial charge on any atom is 0.326 e. The number of rotatable bonds is 5. The molecule has 1 amide bonds. The molecule has 7 heteroatoms. The minimum Gasteiger partial charge on any atom is -0.454 e. The summed E-state index contributed by atoms with van der Waals surface area (Å²) in [4.78, 5) is 34.7. The molecule has 2 rings (SSSR count). The first-order valence-corrected chi connectivity index (χ1v) is 6.83. The van der Waals surface area contributed by atoms with E-state index in [-0.39, 0.29) is 17.8 Å². The van der Waals surface area contributed by atoms with E-state index in [1.54, 1.807) is 25.1 Å². The average molecular weight is 318 g/mol. The smallest absolute Gasteiger partial charge is 0.326 e. The van der Waals surface area contributed by atoms with Gasteiger partial charge in [0, 0.05) is 18.0 Å². The monoisotopic (exact) mass is 318 g/mol. The molecule has 120 valence electrons. The summed E-state index contributed by atoms with van der Waals surface area (Å²) in [6.07, 6.45) is 1.44. The summed E-state index contributed by atoms with van der Waals surface area (Å²) in [5.41, 5.74) is 0.389. The lowest BCUT2D eigenvalue weighted by molar-refractivity contribution is -0.147. The second kappa shape index (κ2) is 7.35. The lowest BCUT2D eigenvalue weighted by atomic mass is 10.2. The van der Waals surface area contributed by atoms with E-state index >= 15 is 0 Å². The summed E-state index contributed by atoms with van der Waals surface area (Å²) in [7, 11) is 0. The zero-order valence-electron chi connectivity index (χ0n) is 12.4. The van der Waals surface area contributed by atoms with Crippen LogP contribution in [0, 0.1) is 12.7 Å². The fourth-order valence-electron chi connectivity index (χ4n) is 1.79. The molecule has 2 aromatic rings. The van der Waals surface area contributed by atoms with Crippen LogP contribution in [0.1, 0.15) is 5.56 Å². The second-order valence-electron chi connectivity index (χ2n) is 4.84. The molecule has 0 unspecified atom stereocenters. The standard InChI is InChI=1S/C16H15FN2O4/c1-11-5-6-12(8-13(11)17)18-14(20)10-23-16(22)9-19-7-3-2-4-15(19)21/h2-8H,9-10H2,1H3,(H,18,20). The number of carbonyl (C=O) groups is 2. The van der Waals surface area contributed by atoms with Gasteiger partial charge in [-0.15, -0.1) is 0 Å². The van der Waals surface area contributed by atoms with Crippen molar-refractivity contribution in [3.63, 3.8) is 0 Å². The maximum absolute atomic E-state index is 13.4. The van der Waals surface area contributed by atoms with Crippen LogP contribution < -0.4 is 10.9 Å². The second-order valence-corrected chi connectivity index (χ2v) is 4.84. The minimum absolute atomic E-state index is 0.272. The van der Waals surface area contributed by atoms with Crippen molar-refractivity contribution >= 4 is 17.6 Å². The number of halogens is 1. The van der Waals surface area contributed by atoms with Crippen LogP contribution in [-0.4, -0.2) is 23.1 Å². The van der Waals surface area contributed by atoms with Crippen molar-refractivity contribution in [3.8, 4) is 0 Å². The van der Waals surface area contributed by atoms with Crippen molar-refractivity contribution in [2.24, 2.45) is 0 Å². The number of nitrogens with one attached hydrogen (secondary N) is 1. The zero-order chi connectivity index (χ0) is 16.8. The molecule has 0 aliphatic rings. The topological polar surface area (TPSA) is 77.4 Å². The molecule has 0 fully saturated rings. The van der Waals surface area contributed by atoms with Crippen molar-refractivity contribution in [3.05, 3.63) is 64.3 Å². The molecule has 1 aromatic heterocycles. The molecule has 1 aromatic carbocycles. The van der Waals surface area contributed by atoms with Crippen LogP contribution in [-0.2, 0) is 20.9 Å². The van der Waals surface area contributed by atoms with Gasteiger partial charge in [0.1, 0.15) is 12.4 Å². The highest BCUT2D eigenvalue weighted by molar-refractivity contribution is 5.92. The van der Waals surface area contributed by atoms with Crippen molar-refractivity contribution in [2.75, 3.05) is 11.9 Å². The van der Waals surface area contributed by atoms with Crippen LogP contribution in [0.3, 0.4) is 0 Å². The van der Waals surface area contributed by atoms with E-state index in [4.69, 9.17) is 4.74 Å². The highest BCUT2D eigenvalue weighted by atomic mass is 19.1. The molecule has 0 saturated heterocycles. The summed E-state index contributed by atoms with van der Waals surface area (Å²) >= 11 is 0. The van der Waals surface area contributed by atoms with Crippen LogP contribution in [0.4, 0.5) is 10.1 Å². The number of hydrogen-bond donors (Lipinski definition) is 1. The normalized spacial score (nSPS) is 10.2. The Bertz CT molecular complexity index is 786. The summed E-state index contributed by atoms with van der Waals surface area (Å²) in [5, 5.41) is 2.42. The summed E-state index contributed by atoms with van der Waals surface area (Å²) in [5.74, 6) is -1.76. The van der Waals surface area contributed by atoms with Gasteiger partial charge in [-0.3, -0.25) is 14.4 Å². The number of esters is 1. The molecular weight excluding hydrogens is 303 g/mol. The zero-order valence-corrected chi connectivity index (χ0v) is 12.4. The largest absolute Gasteiger partial charge is 0.454 e. The molecule has 1 heterocycles. The highest BCUT2D eigenvalue weighted by Crippen LogP contribution is 2.13. The molecule has 0 atom stereocenters. The molecule has 0 aliphatic carbocycles. The summed E-state index contributed by atoms with van der Waals surface area (Å²) < 4.78 is 19.3. The molecule has 0 saturated carbocycles. The number of anilines is 1. The fraction of sp³-hybridized carbons (Fsp3) is 0.188. The van der Waals surface area contributed by atoms with E-state index in [2.05, 4.69) is 5.32 Å². The van der Waals surface area contributed by atoms with Gasteiger partial charge in [-0.2, -0.15) is 0 Å². The van der Waals surface area contributed by atoms with Gasteiger partial charge < -0.3 is 14.6 Å². The predicted octanol–water partition coefficient (Wildman–Crippen LogP) is 1.48. The molecule has 0 bridgehead atoms. The molecule has 23 heavy (non-hydrogen) atoms. The number of aryl methyl sites for hydroxylation is 1. The molecule has 0 aliphatic heterocycles. The summed E-state index contributed by atoms with van der Waals surface area (Å²) in [6.45, 7) is 0.802. The molecule has 6 nitrogen and oxygen atoms in total. The van der Waals surface area contributed by atoms with Crippen molar-refractivity contribution in [1.82, 2.24) is 4.57 Å². The van der Waals surface area contributed by atoms with E-state index in [1.807, 2.05) is 0 Å². The van der Waals surface area contributed by atoms with Crippen LogP contribution in [0.2, 0.25) is 0 Å². The van der Waals surface area contributed by atoms with Gasteiger partial charge in [-0.1, -0.05) is 12.1 Å². The van der Waals surface area contributed by atoms with Gasteiger partial charge in [-0.05, 0) is 30.7 Å². The lowest BCUT2D eigenvalue weighted by Gasteiger charge is -2.08. The quantitative estimate of drug-likeness (QED) is 0.847. The van der Waals surface area contributed by atoms with Gasteiger partial charge in [0.15, 0.2) is 6.61 Å².